The summed E-state index contributed by atoms with van der Waals surface area (Å²) in [6.45, 7) is 4.73. The number of rotatable bonds is 4. The van der Waals surface area contributed by atoms with E-state index in [1.54, 1.807) is 47.2 Å². The summed E-state index contributed by atoms with van der Waals surface area (Å²) in [5.74, 6) is 0.0448. The van der Waals surface area contributed by atoms with Crippen LogP contribution in [0.4, 0.5) is 5.82 Å². The van der Waals surface area contributed by atoms with Crippen molar-refractivity contribution in [3.05, 3.63) is 70.1 Å². The molecule has 0 radical (unpaired) electrons. The summed E-state index contributed by atoms with van der Waals surface area (Å²) in [6.07, 6.45) is 3.23. The van der Waals surface area contributed by atoms with Crippen molar-refractivity contribution in [1.82, 2.24) is 9.38 Å². The van der Waals surface area contributed by atoms with Crippen molar-refractivity contribution in [3.63, 3.8) is 0 Å². The number of hydrogen-bond donors (Lipinski definition) is 1. The van der Waals surface area contributed by atoms with Crippen LogP contribution in [0.25, 0.3) is 16.7 Å². The Morgan fingerprint density at radius 1 is 1.18 bits per heavy atom. The summed E-state index contributed by atoms with van der Waals surface area (Å²) in [6, 6.07) is 11.6. The van der Waals surface area contributed by atoms with Crippen molar-refractivity contribution in [2.75, 3.05) is 12.3 Å². The Morgan fingerprint density at radius 3 is 2.73 bits per heavy atom. The second-order valence-electron chi connectivity index (χ2n) is 8.47. The van der Waals surface area contributed by atoms with Gasteiger partial charge in [-0.05, 0) is 68.1 Å². The Kier molecular flexibility index (Phi) is 5.18. The molecule has 1 aliphatic rings. The summed E-state index contributed by atoms with van der Waals surface area (Å²) >= 11 is 0. The molecule has 3 aromatic heterocycles. The summed E-state index contributed by atoms with van der Waals surface area (Å²) in [5.41, 5.74) is 8.79. The molecule has 1 aromatic carbocycles. The van der Waals surface area contributed by atoms with Gasteiger partial charge in [-0.25, -0.2) is 13.0 Å². The minimum Gasteiger partial charge on any atom is -0.375 e. The third-order valence-corrected chi connectivity index (χ3v) is 8.09. The summed E-state index contributed by atoms with van der Waals surface area (Å²) in [5, 5.41) is 0.188. The molecule has 1 aliphatic heterocycles. The minimum absolute atomic E-state index is 0.0448. The first kappa shape index (κ1) is 21.5. The Hall–Kier alpha value is -3.30. The third kappa shape index (κ3) is 3.57. The summed E-state index contributed by atoms with van der Waals surface area (Å²) < 4.78 is 36.1. The van der Waals surface area contributed by atoms with Gasteiger partial charge in [-0.2, -0.15) is 0 Å². The van der Waals surface area contributed by atoms with Gasteiger partial charge in [-0.3, -0.25) is 9.20 Å². The van der Waals surface area contributed by atoms with E-state index in [0.29, 0.717) is 24.4 Å². The van der Waals surface area contributed by atoms with Crippen LogP contribution in [0.5, 0.6) is 0 Å². The normalized spacial score (nSPS) is 16.6. The standard InChI is InChI=1S/C24H24N4O4S/c1-15-8-9-18(12-16(15)2)33(30,31)20-13-19-23(26-21-7-3-4-10-27(21)24(19)29)28(22(20)25)14-17-6-5-11-32-17/h3-4,7-10,12-13,17,25H,5-6,11,14H2,1-2H3/p+1/t17-/m0/s1. The highest BCUT2D eigenvalue weighted by atomic mass is 32.2. The zero-order valence-corrected chi connectivity index (χ0v) is 19.3. The number of aromatic nitrogens is 3. The van der Waals surface area contributed by atoms with Crippen LogP contribution in [0.2, 0.25) is 0 Å². The van der Waals surface area contributed by atoms with E-state index in [0.717, 1.165) is 24.0 Å². The van der Waals surface area contributed by atoms with Crippen LogP contribution in [0.15, 0.2) is 63.2 Å². The van der Waals surface area contributed by atoms with Crippen LogP contribution in [-0.2, 0) is 21.1 Å². The van der Waals surface area contributed by atoms with Crippen LogP contribution < -0.4 is 15.9 Å². The number of nitrogen functional groups attached to an aromatic ring is 1. The number of anilines is 1. The van der Waals surface area contributed by atoms with Crippen molar-refractivity contribution in [1.29, 1.82) is 0 Å². The average molecular weight is 466 g/mol. The van der Waals surface area contributed by atoms with E-state index < -0.39 is 9.84 Å². The SMILES string of the molecule is Cc1ccc(S(=O)(=O)c2cc3c(=O)n4ccccc4nc3[n+](C[C@@H]3CCCO3)c2N)cc1C. The second kappa shape index (κ2) is 7.93. The zero-order chi connectivity index (χ0) is 23.3. The molecule has 0 aliphatic carbocycles. The van der Waals surface area contributed by atoms with E-state index in [9.17, 15) is 13.2 Å². The van der Waals surface area contributed by atoms with Gasteiger partial charge in [0.15, 0.2) is 0 Å². The van der Waals surface area contributed by atoms with Crippen molar-refractivity contribution in [3.8, 4) is 0 Å². The van der Waals surface area contributed by atoms with Gasteiger partial charge in [0, 0.05) is 12.8 Å². The first-order valence-electron chi connectivity index (χ1n) is 10.8. The number of fused-ring (bicyclic) bond motifs is 2. The molecule has 4 heterocycles. The van der Waals surface area contributed by atoms with E-state index >= 15 is 0 Å². The lowest BCUT2D eigenvalue weighted by molar-refractivity contribution is -0.667. The molecule has 0 unspecified atom stereocenters. The molecule has 0 saturated carbocycles. The summed E-state index contributed by atoms with van der Waals surface area (Å²) in [7, 11) is -3.99. The van der Waals surface area contributed by atoms with Gasteiger partial charge in [0.1, 0.15) is 10.3 Å². The highest BCUT2D eigenvalue weighted by Gasteiger charge is 2.31. The van der Waals surface area contributed by atoms with E-state index in [-0.39, 0.29) is 32.7 Å². The monoisotopic (exact) mass is 465 g/mol. The maximum Gasteiger partial charge on any atom is 0.278 e. The number of hydrogen-bond acceptors (Lipinski definition) is 6. The zero-order valence-electron chi connectivity index (χ0n) is 18.5. The summed E-state index contributed by atoms with van der Waals surface area (Å²) in [4.78, 5) is 18.0. The van der Waals surface area contributed by atoms with Crippen LogP contribution in [-0.4, -0.2) is 30.5 Å². The molecule has 9 heteroatoms. The quantitative estimate of drug-likeness (QED) is 0.366. The van der Waals surface area contributed by atoms with Crippen LogP contribution in [0.1, 0.15) is 24.0 Å². The average Bonchev–Trinajstić information content (AvgIpc) is 3.31. The molecule has 1 fully saturated rings. The van der Waals surface area contributed by atoms with Crippen molar-refractivity contribution in [2.24, 2.45) is 0 Å². The fourth-order valence-electron chi connectivity index (χ4n) is 4.28. The topological polar surface area (TPSA) is 108 Å². The fraction of sp³-hybridized carbons (Fsp3) is 0.292. The molecule has 1 saturated heterocycles. The molecule has 1 atom stereocenters. The highest BCUT2D eigenvalue weighted by Crippen LogP contribution is 2.28. The highest BCUT2D eigenvalue weighted by molar-refractivity contribution is 7.91. The third-order valence-electron chi connectivity index (χ3n) is 6.31. The number of pyridine rings is 2. The fourth-order valence-corrected chi connectivity index (χ4v) is 5.77. The number of nitrogens with two attached hydrogens (primary N) is 1. The Morgan fingerprint density at radius 2 is 2.00 bits per heavy atom. The van der Waals surface area contributed by atoms with Crippen molar-refractivity contribution < 1.29 is 17.7 Å². The van der Waals surface area contributed by atoms with E-state index in [4.69, 9.17) is 10.5 Å². The van der Waals surface area contributed by atoms with Crippen molar-refractivity contribution in [2.45, 2.75) is 49.1 Å². The predicted molar refractivity (Wildman–Crippen MR) is 124 cm³/mol. The smallest absolute Gasteiger partial charge is 0.278 e. The number of nitrogens with zero attached hydrogens (tertiary/aromatic N) is 3. The van der Waals surface area contributed by atoms with Gasteiger partial charge in [0.2, 0.25) is 21.3 Å². The number of aryl methyl sites for hydroxylation is 2. The van der Waals surface area contributed by atoms with Gasteiger partial charge in [0.25, 0.3) is 11.2 Å². The molecule has 33 heavy (non-hydrogen) atoms. The largest absolute Gasteiger partial charge is 0.375 e. The first-order valence-corrected chi connectivity index (χ1v) is 12.3. The van der Waals surface area contributed by atoms with Gasteiger partial charge in [0.05, 0.1) is 17.5 Å². The molecule has 8 nitrogen and oxygen atoms in total. The lowest BCUT2D eigenvalue weighted by atomic mass is 10.1. The molecular weight excluding hydrogens is 440 g/mol. The number of sulfone groups is 1. The van der Waals surface area contributed by atoms with E-state index in [2.05, 4.69) is 4.98 Å². The molecule has 0 amide bonds. The van der Waals surface area contributed by atoms with Gasteiger partial charge in [-0.15, -0.1) is 0 Å². The number of ether oxygens (including phenoxy) is 1. The molecule has 0 bridgehead atoms. The van der Waals surface area contributed by atoms with Gasteiger partial charge in [-0.1, -0.05) is 17.1 Å². The van der Waals surface area contributed by atoms with E-state index in [1.807, 2.05) is 13.8 Å². The van der Waals surface area contributed by atoms with Gasteiger partial charge >= 0.3 is 0 Å². The molecule has 5 rings (SSSR count). The molecule has 170 valence electrons. The van der Waals surface area contributed by atoms with Gasteiger partial charge < -0.3 is 10.5 Å². The maximum absolute atomic E-state index is 13.7. The minimum atomic E-state index is -3.99. The lowest BCUT2D eigenvalue weighted by Gasteiger charge is -2.15. The van der Waals surface area contributed by atoms with Crippen LogP contribution in [0, 0.1) is 13.8 Å². The molecule has 4 aromatic rings. The predicted octanol–water partition coefficient (Wildman–Crippen LogP) is 2.35. The molecule has 0 spiro atoms. The Balaban J connectivity index is 1.83. The van der Waals surface area contributed by atoms with Crippen LogP contribution >= 0.6 is 0 Å². The maximum atomic E-state index is 13.7. The Bertz CT molecular complexity index is 1570. The van der Waals surface area contributed by atoms with Crippen molar-refractivity contribution >= 4 is 32.3 Å². The first-order chi connectivity index (χ1) is 15.8. The molecule has 2 N–H and O–H groups in total. The lowest BCUT2D eigenvalue weighted by Crippen LogP contribution is -2.45. The number of benzene rings is 1. The van der Waals surface area contributed by atoms with E-state index in [1.165, 1.54) is 10.5 Å². The van der Waals surface area contributed by atoms with Crippen LogP contribution in [0.3, 0.4) is 0 Å². The second-order valence-corrected chi connectivity index (χ2v) is 10.4. The molecular formula is C24H25N4O4S+. The Labute approximate surface area is 191 Å².